The largest absolute Gasteiger partial charge is 0.482 e. The lowest BCUT2D eigenvalue weighted by atomic mass is 10.1. The van der Waals surface area contributed by atoms with Gasteiger partial charge in [0.05, 0.1) is 5.56 Å². The van der Waals surface area contributed by atoms with E-state index in [1.165, 1.54) is 18.3 Å². The molecule has 1 unspecified atom stereocenters. The van der Waals surface area contributed by atoms with Gasteiger partial charge >= 0.3 is 5.97 Å². The lowest BCUT2D eigenvalue weighted by Gasteiger charge is -2.14. The average molecular weight is 439 g/mol. The molecule has 1 aliphatic carbocycles. The zero-order valence-electron chi connectivity index (χ0n) is 17.0. The Balaban J connectivity index is 1.33. The number of anilines is 1. The first-order valence-corrected chi connectivity index (χ1v) is 10.8. The molecular formula is C23H22N2O5S. The molecule has 7 nitrogen and oxygen atoms in total. The maximum atomic E-state index is 12.5. The Kier molecular flexibility index (Phi) is 5.90. The van der Waals surface area contributed by atoms with E-state index in [1.807, 2.05) is 36.4 Å². The molecule has 0 fully saturated rings. The predicted molar refractivity (Wildman–Crippen MR) is 118 cm³/mol. The van der Waals surface area contributed by atoms with Crippen LogP contribution >= 0.6 is 11.3 Å². The monoisotopic (exact) mass is 438 g/mol. The quantitative estimate of drug-likeness (QED) is 0.550. The second kappa shape index (κ2) is 8.77. The molecule has 160 valence electrons. The molecule has 2 amide bonds. The third kappa shape index (κ3) is 4.54. The SMILES string of the molecule is CC(OC(=O)COc1ccc2ccccc2c1)C(=O)Nc1sc2c(c1C(N)=O)CCC2. The first kappa shape index (κ1) is 20.9. The molecular weight excluding hydrogens is 416 g/mol. The highest BCUT2D eigenvalue weighted by molar-refractivity contribution is 7.17. The summed E-state index contributed by atoms with van der Waals surface area (Å²) in [5, 5.41) is 5.16. The summed E-state index contributed by atoms with van der Waals surface area (Å²) in [6.45, 7) is 1.14. The molecule has 0 bridgehead atoms. The van der Waals surface area contributed by atoms with Crippen LogP contribution in [0.4, 0.5) is 5.00 Å². The van der Waals surface area contributed by atoms with Crippen LogP contribution in [0.15, 0.2) is 42.5 Å². The molecule has 8 heteroatoms. The van der Waals surface area contributed by atoms with Gasteiger partial charge in [0, 0.05) is 4.88 Å². The van der Waals surface area contributed by atoms with Crippen molar-refractivity contribution in [1.29, 1.82) is 0 Å². The number of rotatable bonds is 7. The molecule has 2 aromatic carbocycles. The molecule has 1 atom stereocenters. The van der Waals surface area contributed by atoms with Crippen molar-refractivity contribution in [3.63, 3.8) is 0 Å². The minimum absolute atomic E-state index is 0.324. The molecule has 3 N–H and O–H groups in total. The molecule has 0 saturated carbocycles. The number of ether oxygens (including phenoxy) is 2. The second-order valence-corrected chi connectivity index (χ2v) is 8.45. The van der Waals surface area contributed by atoms with Gasteiger partial charge in [0.15, 0.2) is 12.7 Å². The first-order chi connectivity index (χ1) is 14.9. The Morgan fingerprint density at radius 2 is 1.90 bits per heavy atom. The van der Waals surface area contributed by atoms with Crippen molar-refractivity contribution in [1.82, 2.24) is 0 Å². The van der Waals surface area contributed by atoms with Crippen molar-refractivity contribution in [2.24, 2.45) is 5.73 Å². The number of thiophene rings is 1. The van der Waals surface area contributed by atoms with E-state index in [1.54, 1.807) is 6.07 Å². The topological polar surface area (TPSA) is 108 Å². The summed E-state index contributed by atoms with van der Waals surface area (Å²) in [6.07, 6.45) is 1.56. The lowest BCUT2D eigenvalue weighted by molar-refractivity contribution is -0.155. The number of amides is 2. The number of hydrogen-bond acceptors (Lipinski definition) is 6. The highest BCUT2D eigenvalue weighted by atomic mass is 32.1. The number of carbonyl (C=O) groups excluding carboxylic acids is 3. The Labute approximate surface area is 183 Å². The molecule has 31 heavy (non-hydrogen) atoms. The van der Waals surface area contributed by atoms with Crippen LogP contribution in [-0.4, -0.2) is 30.5 Å². The third-order valence-electron chi connectivity index (χ3n) is 5.16. The van der Waals surface area contributed by atoms with E-state index in [9.17, 15) is 14.4 Å². The molecule has 1 aliphatic rings. The molecule has 0 radical (unpaired) electrons. The summed E-state index contributed by atoms with van der Waals surface area (Å²) in [4.78, 5) is 37.5. The second-order valence-electron chi connectivity index (χ2n) is 7.34. The molecule has 3 aromatic rings. The van der Waals surface area contributed by atoms with E-state index in [2.05, 4.69) is 5.32 Å². The number of carbonyl (C=O) groups is 3. The fraction of sp³-hybridized carbons (Fsp3) is 0.261. The summed E-state index contributed by atoms with van der Waals surface area (Å²) in [5.41, 5.74) is 6.79. The van der Waals surface area contributed by atoms with Gasteiger partial charge < -0.3 is 20.5 Å². The van der Waals surface area contributed by atoms with E-state index in [4.69, 9.17) is 15.2 Å². The number of hydrogen-bond donors (Lipinski definition) is 2. The minimum Gasteiger partial charge on any atom is -0.482 e. The fourth-order valence-corrected chi connectivity index (χ4v) is 4.95. The minimum atomic E-state index is -1.05. The van der Waals surface area contributed by atoms with Gasteiger partial charge in [-0.3, -0.25) is 9.59 Å². The maximum Gasteiger partial charge on any atom is 0.344 e. The highest BCUT2D eigenvalue weighted by Gasteiger charge is 2.27. The van der Waals surface area contributed by atoms with Gasteiger partial charge in [-0.15, -0.1) is 11.3 Å². The normalized spacial score (nSPS) is 13.5. The number of fused-ring (bicyclic) bond motifs is 2. The van der Waals surface area contributed by atoms with Crippen molar-refractivity contribution in [2.75, 3.05) is 11.9 Å². The van der Waals surface area contributed by atoms with Crippen molar-refractivity contribution < 1.29 is 23.9 Å². The number of esters is 1. The summed E-state index contributed by atoms with van der Waals surface area (Å²) < 4.78 is 10.7. The molecule has 0 saturated heterocycles. The van der Waals surface area contributed by atoms with Crippen LogP contribution in [0.1, 0.15) is 34.1 Å². The van der Waals surface area contributed by atoms with Crippen LogP contribution in [-0.2, 0) is 27.2 Å². The summed E-state index contributed by atoms with van der Waals surface area (Å²) in [5.74, 6) is -1.23. The van der Waals surface area contributed by atoms with E-state index in [0.29, 0.717) is 16.3 Å². The summed E-state index contributed by atoms with van der Waals surface area (Å²) in [6, 6.07) is 13.3. The Bertz CT molecular complexity index is 1170. The van der Waals surface area contributed by atoms with Crippen LogP contribution in [0.3, 0.4) is 0 Å². The van der Waals surface area contributed by atoms with Crippen molar-refractivity contribution in [3.8, 4) is 5.75 Å². The number of aryl methyl sites for hydroxylation is 1. The van der Waals surface area contributed by atoms with Crippen molar-refractivity contribution in [2.45, 2.75) is 32.3 Å². The van der Waals surface area contributed by atoms with Crippen LogP contribution < -0.4 is 15.8 Å². The molecule has 4 rings (SSSR count). The Morgan fingerprint density at radius 3 is 2.68 bits per heavy atom. The average Bonchev–Trinajstić information content (AvgIpc) is 3.32. The van der Waals surface area contributed by atoms with Crippen molar-refractivity contribution >= 4 is 44.9 Å². The molecule has 0 spiro atoms. The summed E-state index contributed by atoms with van der Waals surface area (Å²) in [7, 11) is 0. The number of nitrogens with two attached hydrogens (primary N) is 1. The van der Waals surface area contributed by atoms with Gasteiger partial charge in [-0.1, -0.05) is 30.3 Å². The van der Waals surface area contributed by atoms with Gasteiger partial charge in [-0.2, -0.15) is 0 Å². The number of primary amides is 1. The van der Waals surface area contributed by atoms with E-state index >= 15 is 0 Å². The summed E-state index contributed by atoms with van der Waals surface area (Å²) >= 11 is 1.35. The lowest BCUT2D eigenvalue weighted by Crippen LogP contribution is -2.32. The predicted octanol–water partition coefficient (Wildman–Crippen LogP) is 3.44. The number of nitrogens with one attached hydrogen (secondary N) is 1. The van der Waals surface area contributed by atoms with Crippen LogP contribution in [0, 0.1) is 0 Å². The molecule has 1 heterocycles. The van der Waals surface area contributed by atoms with Crippen LogP contribution in [0.2, 0.25) is 0 Å². The van der Waals surface area contributed by atoms with Gasteiger partial charge in [0.2, 0.25) is 0 Å². The zero-order chi connectivity index (χ0) is 22.0. The fourth-order valence-electron chi connectivity index (χ4n) is 3.65. The van der Waals surface area contributed by atoms with Gasteiger partial charge in [-0.05, 0) is 54.7 Å². The molecule has 1 aromatic heterocycles. The Hall–Kier alpha value is -3.39. The molecule has 0 aliphatic heterocycles. The van der Waals surface area contributed by atoms with Crippen LogP contribution in [0.25, 0.3) is 10.8 Å². The standard InChI is InChI=1S/C23H22N2O5S/c1-13(22(28)25-23-20(21(24)27)17-7-4-8-18(17)31-23)30-19(26)12-29-16-10-9-14-5-2-3-6-15(14)11-16/h2-3,5-6,9-11,13H,4,7-8,12H2,1H3,(H2,24,27)(H,25,28). The van der Waals surface area contributed by atoms with Gasteiger partial charge in [0.1, 0.15) is 10.8 Å². The van der Waals surface area contributed by atoms with E-state index < -0.39 is 23.9 Å². The van der Waals surface area contributed by atoms with E-state index in [-0.39, 0.29) is 6.61 Å². The van der Waals surface area contributed by atoms with Gasteiger partial charge in [-0.25, -0.2) is 4.79 Å². The highest BCUT2D eigenvalue weighted by Crippen LogP contribution is 2.38. The Morgan fingerprint density at radius 1 is 1.13 bits per heavy atom. The smallest absolute Gasteiger partial charge is 0.344 e. The first-order valence-electron chi connectivity index (χ1n) is 9.98. The van der Waals surface area contributed by atoms with E-state index in [0.717, 1.165) is 40.5 Å². The van der Waals surface area contributed by atoms with Gasteiger partial charge in [0.25, 0.3) is 11.8 Å². The van der Waals surface area contributed by atoms with Crippen molar-refractivity contribution in [3.05, 3.63) is 58.5 Å². The third-order valence-corrected chi connectivity index (χ3v) is 6.37. The van der Waals surface area contributed by atoms with Crippen LogP contribution in [0.5, 0.6) is 5.75 Å². The number of benzene rings is 2. The maximum absolute atomic E-state index is 12.5. The zero-order valence-corrected chi connectivity index (χ0v) is 17.8.